The van der Waals surface area contributed by atoms with Crippen LogP contribution in [-0.4, -0.2) is 24.4 Å². The number of unbranched alkanes of at least 4 members (excludes halogenated alkanes) is 3. The first-order chi connectivity index (χ1) is 13.0. The number of amides is 2. The lowest BCUT2D eigenvalue weighted by Gasteiger charge is -2.13. The molecule has 5 nitrogen and oxygen atoms in total. The number of hydrogen-bond acceptors (Lipinski definition) is 4. The van der Waals surface area contributed by atoms with Crippen LogP contribution in [0.2, 0.25) is 0 Å². The molecule has 1 aliphatic heterocycles. The molecule has 0 fully saturated rings. The van der Waals surface area contributed by atoms with Crippen molar-refractivity contribution in [1.82, 2.24) is 0 Å². The van der Waals surface area contributed by atoms with Gasteiger partial charge in [-0.15, -0.1) is 0 Å². The zero-order valence-electron chi connectivity index (χ0n) is 15.7. The van der Waals surface area contributed by atoms with Crippen molar-refractivity contribution in [3.05, 3.63) is 64.7 Å². The number of hydrogen-bond donors (Lipinski definition) is 0. The SMILES string of the molecule is CCCCCCOC(=O)c1ccc2c(c1)C(=O)N(c1ccc(C)cc1)C2=O. The smallest absolute Gasteiger partial charge is 0.338 e. The van der Waals surface area contributed by atoms with E-state index in [1.54, 1.807) is 12.1 Å². The molecule has 0 aliphatic carbocycles. The van der Waals surface area contributed by atoms with Gasteiger partial charge in [-0.1, -0.05) is 43.9 Å². The molecular weight excluding hydrogens is 342 g/mol. The predicted molar refractivity (Wildman–Crippen MR) is 103 cm³/mol. The first-order valence-corrected chi connectivity index (χ1v) is 9.29. The summed E-state index contributed by atoms with van der Waals surface area (Å²) < 4.78 is 5.27. The van der Waals surface area contributed by atoms with Crippen molar-refractivity contribution in [2.24, 2.45) is 0 Å². The number of carbonyl (C=O) groups is 3. The maximum absolute atomic E-state index is 12.8. The van der Waals surface area contributed by atoms with Gasteiger partial charge >= 0.3 is 5.97 Å². The van der Waals surface area contributed by atoms with Gasteiger partial charge in [-0.2, -0.15) is 0 Å². The minimum absolute atomic E-state index is 0.237. The Bertz CT molecular complexity index is 870. The molecule has 140 valence electrons. The molecule has 5 heteroatoms. The molecule has 0 bridgehead atoms. The Balaban J connectivity index is 1.75. The van der Waals surface area contributed by atoms with Gasteiger partial charge in [0.25, 0.3) is 11.8 Å². The zero-order valence-corrected chi connectivity index (χ0v) is 15.7. The topological polar surface area (TPSA) is 63.7 Å². The average Bonchev–Trinajstić information content (AvgIpc) is 2.92. The van der Waals surface area contributed by atoms with Gasteiger partial charge in [0, 0.05) is 0 Å². The molecule has 3 rings (SSSR count). The molecule has 0 aromatic heterocycles. The first-order valence-electron chi connectivity index (χ1n) is 9.29. The Morgan fingerprint density at radius 3 is 2.33 bits per heavy atom. The van der Waals surface area contributed by atoms with Gasteiger partial charge in [0.2, 0.25) is 0 Å². The normalized spacial score (nSPS) is 13.0. The maximum Gasteiger partial charge on any atom is 0.338 e. The standard InChI is InChI=1S/C22H23NO4/c1-3-4-5-6-13-27-22(26)16-9-12-18-19(14-16)21(25)23(20(18)24)17-10-7-15(2)8-11-17/h7-12,14H,3-6,13H2,1-2H3. The molecule has 2 amide bonds. The van der Waals surface area contributed by atoms with Crippen LogP contribution in [0.5, 0.6) is 0 Å². The molecule has 1 aliphatic rings. The van der Waals surface area contributed by atoms with E-state index in [9.17, 15) is 14.4 Å². The highest BCUT2D eigenvalue weighted by Crippen LogP contribution is 2.29. The van der Waals surface area contributed by atoms with Crippen LogP contribution < -0.4 is 4.90 Å². The highest BCUT2D eigenvalue weighted by molar-refractivity contribution is 6.34. The third kappa shape index (κ3) is 3.92. The highest BCUT2D eigenvalue weighted by Gasteiger charge is 2.37. The summed E-state index contributed by atoms with van der Waals surface area (Å²) >= 11 is 0. The predicted octanol–water partition coefficient (Wildman–Crippen LogP) is 4.53. The second-order valence-electron chi connectivity index (χ2n) is 6.74. The molecule has 0 unspecified atom stereocenters. The first kappa shape index (κ1) is 18.8. The molecule has 0 N–H and O–H groups in total. The molecule has 0 saturated heterocycles. The molecule has 27 heavy (non-hydrogen) atoms. The molecule has 2 aromatic carbocycles. The lowest BCUT2D eigenvalue weighted by Crippen LogP contribution is -2.29. The van der Waals surface area contributed by atoms with Gasteiger partial charge in [-0.05, 0) is 43.7 Å². The minimum Gasteiger partial charge on any atom is -0.462 e. The van der Waals surface area contributed by atoms with Crippen molar-refractivity contribution in [2.45, 2.75) is 39.5 Å². The third-order valence-electron chi connectivity index (χ3n) is 4.65. The number of rotatable bonds is 7. The number of imide groups is 1. The molecule has 0 atom stereocenters. The Labute approximate surface area is 158 Å². The summed E-state index contributed by atoms with van der Waals surface area (Å²) in [4.78, 5) is 38.8. The summed E-state index contributed by atoms with van der Waals surface area (Å²) in [6.07, 6.45) is 4.07. The Kier molecular flexibility index (Phi) is 5.69. The fraction of sp³-hybridized carbons (Fsp3) is 0.318. The van der Waals surface area contributed by atoms with Crippen LogP contribution in [0, 0.1) is 6.92 Å². The van der Waals surface area contributed by atoms with Crippen LogP contribution in [0.15, 0.2) is 42.5 Å². The molecule has 0 radical (unpaired) electrons. The Morgan fingerprint density at radius 1 is 0.926 bits per heavy atom. The third-order valence-corrected chi connectivity index (χ3v) is 4.65. The fourth-order valence-electron chi connectivity index (χ4n) is 3.07. The average molecular weight is 365 g/mol. The van der Waals surface area contributed by atoms with E-state index in [0.717, 1.165) is 36.1 Å². The molecule has 2 aromatic rings. The number of ether oxygens (including phenoxy) is 1. The largest absolute Gasteiger partial charge is 0.462 e. The Hall–Kier alpha value is -2.95. The summed E-state index contributed by atoms with van der Waals surface area (Å²) in [5.74, 6) is -1.27. The number of nitrogens with zero attached hydrogens (tertiary/aromatic N) is 1. The number of benzene rings is 2. The van der Waals surface area contributed by atoms with E-state index in [2.05, 4.69) is 6.92 Å². The fourth-order valence-corrected chi connectivity index (χ4v) is 3.07. The minimum atomic E-state index is -0.469. The van der Waals surface area contributed by atoms with E-state index in [-0.39, 0.29) is 17.0 Å². The Morgan fingerprint density at radius 2 is 1.63 bits per heavy atom. The van der Waals surface area contributed by atoms with Crippen LogP contribution >= 0.6 is 0 Å². The van der Waals surface area contributed by atoms with Crippen molar-refractivity contribution < 1.29 is 19.1 Å². The van der Waals surface area contributed by atoms with Gasteiger partial charge in [0.05, 0.1) is 29.0 Å². The van der Waals surface area contributed by atoms with E-state index in [4.69, 9.17) is 4.74 Å². The van der Waals surface area contributed by atoms with E-state index >= 15 is 0 Å². The van der Waals surface area contributed by atoms with Gasteiger partial charge in [-0.25, -0.2) is 9.69 Å². The second-order valence-corrected chi connectivity index (χ2v) is 6.74. The summed E-state index contributed by atoms with van der Waals surface area (Å²) in [6.45, 7) is 4.42. The van der Waals surface area contributed by atoms with Crippen LogP contribution in [0.1, 0.15) is 69.2 Å². The molecular formula is C22H23NO4. The number of carbonyl (C=O) groups excluding carboxylic acids is 3. The van der Waals surface area contributed by atoms with Gasteiger partial charge in [0.15, 0.2) is 0 Å². The van der Waals surface area contributed by atoms with Crippen molar-refractivity contribution in [2.75, 3.05) is 11.5 Å². The van der Waals surface area contributed by atoms with Crippen molar-refractivity contribution in [3.8, 4) is 0 Å². The number of fused-ring (bicyclic) bond motifs is 1. The summed E-state index contributed by atoms with van der Waals surface area (Å²) in [5.41, 5.74) is 2.39. The number of anilines is 1. The van der Waals surface area contributed by atoms with Crippen molar-refractivity contribution in [3.63, 3.8) is 0 Å². The quantitative estimate of drug-likeness (QED) is 0.411. The number of aryl methyl sites for hydroxylation is 1. The van der Waals surface area contributed by atoms with Crippen molar-refractivity contribution >= 4 is 23.5 Å². The van der Waals surface area contributed by atoms with E-state index in [1.165, 1.54) is 18.2 Å². The maximum atomic E-state index is 12.8. The summed E-state index contributed by atoms with van der Waals surface area (Å²) in [7, 11) is 0. The van der Waals surface area contributed by atoms with Gasteiger partial charge in [0.1, 0.15) is 0 Å². The molecule has 0 spiro atoms. The van der Waals surface area contributed by atoms with Crippen LogP contribution in [-0.2, 0) is 4.74 Å². The molecule has 0 saturated carbocycles. The summed E-state index contributed by atoms with van der Waals surface area (Å²) in [5, 5.41) is 0. The van der Waals surface area contributed by atoms with E-state index in [0.29, 0.717) is 17.9 Å². The van der Waals surface area contributed by atoms with Gasteiger partial charge in [-0.3, -0.25) is 9.59 Å². The second kappa shape index (κ2) is 8.16. The van der Waals surface area contributed by atoms with Crippen molar-refractivity contribution in [1.29, 1.82) is 0 Å². The highest BCUT2D eigenvalue weighted by atomic mass is 16.5. The number of esters is 1. The van der Waals surface area contributed by atoms with Crippen LogP contribution in [0.3, 0.4) is 0 Å². The lowest BCUT2D eigenvalue weighted by atomic mass is 10.1. The van der Waals surface area contributed by atoms with E-state index in [1.807, 2.05) is 19.1 Å². The molecule has 1 heterocycles. The van der Waals surface area contributed by atoms with Crippen LogP contribution in [0.25, 0.3) is 0 Å². The van der Waals surface area contributed by atoms with Crippen LogP contribution in [0.4, 0.5) is 5.69 Å². The summed E-state index contributed by atoms with van der Waals surface area (Å²) in [6, 6.07) is 11.7. The monoisotopic (exact) mass is 365 g/mol. The lowest BCUT2D eigenvalue weighted by molar-refractivity contribution is 0.0497. The van der Waals surface area contributed by atoms with E-state index < -0.39 is 11.9 Å². The zero-order chi connectivity index (χ0) is 19.4. The van der Waals surface area contributed by atoms with Gasteiger partial charge < -0.3 is 4.74 Å².